The zero-order valence-corrected chi connectivity index (χ0v) is 10.3. The summed E-state index contributed by atoms with van der Waals surface area (Å²) < 4.78 is 5.44. The highest BCUT2D eigenvalue weighted by atomic mass is 28.2. The summed E-state index contributed by atoms with van der Waals surface area (Å²) in [7, 11) is 0.718. The first-order valence-electron chi connectivity index (χ1n) is 4.17. The van der Waals surface area contributed by atoms with E-state index in [9.17, 15) is 4.79 Å². The summed E-state index contributed by atoms with van der Waals surface area (Å²) in [5.41, 5.74) is -0.151. The van der Waals surface area contributed by atoms with Crippen LogP contribution >= 0.6 is 0 Å². The summed E-state index contributed by atoms with van der Waals surface area (Å²) in [6.45, 7) is 6.67. The number of carbonyl (C=O) groups excluding carboxylic acids is 1. The lowest BCUT2D eigenvalue weighted by Gasteiger charge is -2.31. The maximum atomic E-state index is 9.92. The third-order valence-corrected chi connectivity index (χ3v) is 3.43. The van der Waals surface area contributed by atoms with E-state index in [0.717, 1.165) is 16.9 Å². The maximum absolute atomic E-state index is 9.92. The second kappa shape index (κ2) is 5.25. The van der Waals surface area contributed by atoms with Crippen molar-refractivity contribution >= 4 is 16.6 Å². The Bertz CT molecular complexity index is 176. The van der Waals surface area contributed by atoms with Crippen molar-refractivity contribution in [2.75, 3.05) is 6.54 Å². The summed E-state index contributed by atoms with van der Waals surface area (Å²) in [6, 6.07) is 0. The van der Waals surface area contributed by atoms with Gasteiger partial charge in [-0.25, -0.2) is 9.79 Å². The number of nitrogens with zero attached hydrogens (tertiary/aromatic N) is 1. The molecule has 0 aliphatic rings. The van der Waals surface area contributed by atoms with Gasteiger partial charge in [0.1, 0.15) is 10.5 Å². The lowest BCUT2D eigenvalue weighted by Crippen LogP contribution is -2.35. The van der Waals surface area contributed by atoms with Crippen LogP contribution in [-0.2, 0) is 9.22 Å². The van der Waals surface area contributed by atoms with Gasteiger partial charge in [0.2, 0.25) is 6.08 Å². The van der Waals surface area contributed by atoms with Crippen molar-refractivity contribution in [3.63, 3.8) is 0 Å². The molecule has 4 heteroatoms. The van der Waals surface area contributed by atoms with E-state index in [4.69, 9.17) is 4.43 Å². The molecule has 0 aromatic rings. The van der Waals surface area contributed by atoms with E-state index >= 15 is 0 Å². The number of hydrogen-bond acceptors (Lipinski definition) is 3. The smallest absolute Gasteiger partial charge is 0.234 e. The Morgan fingerprint density at radius 1 is 1.67 bits per heavy atom. The lowest BCUT2D eigenvalue weighted by atomic mass is 9.89. The number of aliphatic imine (C=N–C) groups is 1. The van der Waals surface area contributed by atoms with E-state index in [1.54, 1.807) is 6.08 Å². The van der Waals surface area contributed by atoms with Crippen molar-refractivity contribution in [1.82, 2.24) is 0 Å². The predicted molar refractivity (Wildman–Crippen MR) is 51.9 cm³/mol. The summed E-state index contributed by atoms with van der Waals surface area (Å²) in [5, 5.41) is 0. The molecule has 1 unspecified atom stereocenters. The van der Waals surface area contributed by atoms with Gasteiger partial charge in [-0.3, -0.25) is 0 Å². The zero-order valence-electron chi connectivity index (χ0n) is 8.26. The van der Waals surface area contributed by atoms with Crippen LogP contribution in [0, 0.1) is 5.92 Å². The standard InChI is InChI=1S/C8H17NO2Si/c1-4-7(5-9-6-10)8(2,3)11-12/h7H,4-5H2,1-3,12H3. The Labute approximate surface area is 76.8 Å². The lowest BCUT2D eigenvalue weighted by molar-refractivity contribution is 0.0553. The van der Waals surface area contributed by atoms with E-state index in [2.05, 4.69) is 11.9 Å². The number of hydrogen-bond donors (Lipinski definition) is 0. The third-order valence-electron chi connectivity index (χ3n) is 2.38. The van der Waals surface area contributed by atoms with E-state index < -0.39 is 0 Å². The fraction of sp³-hybridized carbons (Fsp3) is 0.875. The SMILES string of the molecule is CCC(CN=C=O)C(C)(C)O[SiH3]. The molecule has 1 atom stereocenters. The topological polar surface area (TPSA) is 38.7 Å². The third kappa shape index (κ3) is 3.30. The largest absolute Gasteiger partial charge is 0.423 e. The summed E-state index contributed by atoms with van der Waals surface area (Å²) in [4.78, 5) is 13.5. The van der Waals surface area contributed by atoms with Crippen molar-refractivity contribution in [3.05, 3.63) is 0 Å². The first-order valence-corrected chi connectivity index (χ1v) is 4.99. The highest BCUT2D eigenvalue weighted by Crippen LogP contribution is 2.23. The van der Waals surface area contributed by atoms with Crippen LogP contribution in [0.3, 0.4) is 0 Å². The van der Waals surface area contributed by atoms with Crippen LogP contribution < -0.4 is 0 Å². The van der Waals surface area contributed by atoms with Crippen LogP contribution in [0.4, 0.5) is 0 Å². The van der Waals surface area contributed by atoms with Crippen molar-refractivity contribution in [2.24, 2.45) is 10.9 Å². The summed E-state index contributed by atoms with van der Waals surface area (Å²) in [5.74, 6) is 0.316. The summed E-state index contributed by atoms with van der Waals surface area (Å²) in [6.07, 6.45) is 2.53. The quantitative estimate of drug-likeness (QED) is 0.355. The molecule has 0 aromatic heterocycles. The van der Waals surface area contributed by atoms with Gasteiger partial charge in [-0.15, -0.1) is 0 Å². The Balaban J connectivity index is 4.22. The molecule has 0 radical (unpaired) electrons. The van der Waals surface area contributed by atoms with E-state index in [0.29, 0.717) is 12.5 Å². The van der Waals surface area contributed by atoms with Gasteiger partial charge >= 0.3 is 0 Å². The van der Waals surface area contributed by atoms with Gasteiger partial charge in [-0.2, -0.15) is 0 Å². The molecule has 0 spiro atoms. The van der Waals surface area contributed by atoms with E-state index in [1.165, 1.54) is 0 Å². The molecular weight excluding hydrogens is 170 g/mol. The van der Waals surface area contributed by atoms with Gasteiger partial charge in [-0.1, -0.05) is 6.92 Å². The van der Waals surface area contributed by atoms with Crippen LogP contribution in [0.1, 0.15) is 27.2 Å². The van der Waals surface area contributed by atoms with Crippen LogP contribution in [0.25, 0.3) is 0 Å². The average molecular weight is 187 g/mol. The molecule has 0 fully saturated rings. The predicted octanol–water partition coefficient (Wildman–Crippen LogP) is 0.424. The molecule has 0 aliphatic heterocycles. The molecule has 0 bridgehead atoms. The van der Waals surface area contributed by atoms with Gasteiger partial charge in [0.05, 0.1) is 12.1 Å². The van der Waals surface area contributed by atoms with Crippen molar-refractivity contribution < 1.29 is 9.22 Å². The van der Waals surface area contributed by atoms with Gasteiger partial charge in [0.15, 0.2) is 0 Å². The fourth-order valence-corrected chi connectivity index (χ4v) is 1.49. The minimum atomic E-state index is -0.151. The van der Waals surface area contributed by atoms with Gasteiger partial charge in [0.25, 0.3) is 0 Å². The fourth-order valence-electron chi connectivity index (χ4n) is 1.15. The highest BCUT2D eigenvalue weighted by molar-refractivity contribution is 5.98. The van der Waals surface area contributed by atoms with E-state index in [1.807, 2.05) is 13.8 Å². The molecule has 0 saturated carbocycles. The minimum absolute atomic E-state index is 0.151. The first kappa shape index (κ1) is 11.6. The van der Waals surface area contributed by atoms with Crippen LogP contribution in [0.15, 0.2) is 4.99 Å². The van der Waals surface area contributed by atoms with Crippen LogP contribution in [0.2, 0.25) is 0 Å². The average Bonchev–Trinajstić information content (AvgIpc) is 2.05. The van der Waals surface area contributed by atoms with Crippen LogP contribution in [-0.4, -0.2) is 28.7 Å². The molecule has 0 aliphatic carbocycles. The molecule has 70 valence electrons. The molecule has 12 heavy (non-hydrogen) atoms. The molecule has 0 rings (SSSR count). The van der Waals surface area contributed by atoms with Crippen molar-refractivity contribution in [2.45, 2.75) is 32.8 Å². The highest BCUT2D eigenvalue weighted by Gasteiger charge is 2.26. The molecule has 0 heterocycles. The number of isocyanates is 1. The normalized spacial score (nSPS) is 13.9. The molecular formula is C8H17NO2Si. The zero-order chi connectivity index (χ0) is 9.61. The number of rotatable bonds is 5. The second-order valence-corrected chi connectivity index (χ2v) is 3.75. The molecule has 0 saturated heterocycles. The summed E-state index contributed by atoms with van der Waals surface area (Å²) >= 11 is 0. The molecule has 0 N–H and O–H groups in total. The maximum Gasteiger partial charge on any atom is 0.234 e. The van der Waals surface area contributed by atoms with Gasteiger partial charge in [-0.05, 0) is 20.3 Å². The Morgan fingerprint density at radius 3 is 2.58 bits per heavy atom. The van der Waals surface area contributed by atoms with Crippen molar-refractivity contribution in [1.29, 1.82) is 0 Å². The Hall–Kier alpha value is -0.443. The van der Waals surface area contributed by atoms with Gasteiger partial charge in [0, 0.05) is 5.92 Å². The van der Waals surface area contributed by atoms with Gasteiger partial charge < -0.3 is 4.43 Å². The molecule has 3 nitrogen and oxygen atoms in total. The molecule has 0 amide bonds. The first-order chi connectivity index (χ1) is 5.58. The van der Waals surface area contributed by atoms with Crippen LogP contribution in [0.5, 0.6) is 0 Å². The Morgan fingerprint density at radius 2 is 2.25 bits per heavy atom. The Kier molecular flexibility index (Phi) is 5.05. The minimum Gasteiger partial charge on any atom is -0.423 e. The molecule has 0 aromatic carbocycles. The van der Waals surface area contributed by atoms with E-state index in [-0.39, 0.29) is 5.60 Å². The monoisotopic (exact) mass is 187 g/mol. The van der Waals surface area contributed by atoms with Crippen molar-refractivity contribution in [3.8, 4) is 0 Å². The second-order valence-electron chi connectivity index (χ2n) is 3.34.